The molecule has 0 spiro atoms. The SMILES string of the molecule is CC(C)CC(=O)N1CCN(c2ccc(NC(=O)c3ccc(Cl)c([N+](=O)[O-])c3)cc2)CC1. The van der Waals surface area contributed by atoms with Gasteiger partial charge in [-0.1, -0.05) is 25.4 Å². The number of rotatable bonds is 6. The molecule has 9 heteroatoms. The van der Waals surface area contributed by atoms with E-state index < -0.39 is 10.8 Å². The number of nitro groups is 1. The lowest BCUT2D eigenvalue weighted by atomic mass is 10.1. The first kappa shape index (κ1) is 22.6. The van der Waals surface area contributed by atoms with Crippen molar-refractivity contribution in [3.05, 3.63) is 63.2 Å². The summed E-state index contributed by atoms with van der Waals surface area (Å²) in [4.78, 5) is 39.2. The van der Waals surface area contributed by atoms with Crippen LogP contribution in [0.4, 0.5) is 17.1 Å². The van der Waals surface area contributed by atoms with Crippen LogP contribution in [0.3, 0.4) is 0 Å². The van der Waals surface area contributed by atoms with Crippen LogP contribution in [0.25, 0.3) is 0 Å². The molecule has 2 aromatic carbocycles. The number of carbonyl (C=O) groups excluding carboxylic acids is 2. The molecule has 0 atom stereocenters. The Bertz CT molecular complexity index is 970. The van der Waals surface area contributed by atoms with Crippen molar-refractivity contribution in [3.8, 4) is 0 Å². The van der Waals surface area contributed by atoms with Crippen molar-refractivity contribution >= 4 is 40.5 Å². The molecule has 1 N–H and O–H groups in total. The van der Waals surface area contributed by atoms with Crippen molar-refractivity contribution in [1.29, 1.82) is 0 Å². The number of nitrogens with one attached hydrogen (secondary N) is 1. The molecule has 1 fully saturated rings. The van der Waals surface area contributed by atoms with Crippen LogP contribution in [-0.2, 0) is 4.79 Å². The van der Waals surface area contributed by atoms with Crippen LogP contribution in [0.1, 0.15) is 30.6 Å². The Morgan fingerprint density at radius 1 is 1.10 bits per heavy atom. The molecule has 1 saturated heterocycles. The maximum atomic E-state index is 12.4. The third kappa shape index (κ3) is 5.73. The van der Waals surface area contributed by atoms with Gasteiger partial charge in [0.2, 0.25) is 5.91 Å². The third-order valence-electron chi connectivity index (χ3n) is 5.11. The summed E-state index contributed by atoms with van der Waals surface area (Å²) in [6.07, 6.45) is 0.575. The number of piperazine rings is 1. The number of nitrogens with zero attached hydrogens (tertiary/aromatic N) is 3. The molecule has 8 nitrogen and oxygen atoms in total. The van der Waals surface area contributed by atoms with Crippen LogP contribution < -0.4 is 10.2 Å². The Labute approximate surface area is 185 Å². The molecule has 1 heterocycles. The number of halogens is 1. The van der Waals surface area contributed by atoms with Crippen molar-refractivity contribution in [2.75, 3.05) is 36.4 Å². The summed E-state index contributed by atoms with van der Waals surface area (Å²) in [5, 5.41) is 13.7. The largest absolute Gasteiger partial charge is 0.368 e. The fraction of sp³-hybridized carbons (Fsp3) is 0.364. The van der Waals surface area contributed by atoms with Gasteiger partial charge in [-0.15, -0.1) is 0 Å². The van der Waals surface area contributed by atoms with Crippen molar-refractivity contribution in [2.24, 2.45) is 5.92 Å². The van der Waals surface area contributed by atoms with Gasteiger partial charge in [0, 0.05) is 55.6 Å². The summed E-state index contributed by atoms with van der Waals surface area (Å²) in [6.45, 7) is 6.98. The van der Waals surface area contributed by atoms with Crippen LogP contribution in [0.5, 0.6) is 0 Å². The summed E-state index contributed by atoms with van der Waals surface area (Å²) < 4.78 is 0. The number of hydrogen-bond acceptors (Lipinski definition) is 5. The number of carbonyl (C=O) groups is 2. The Morgan fingerprint density at radius 3 is 2.32 bits per heavy atom. The minimum Gasteiger partial charge on any atom is -0.368 e. The lowest BCUT2D eigenvalue weighted by Gasteiger charge is -2.36. The van der Waals surface area contributed by atoms with Gasteiger partial charge in [0.25, 0.3) is 11.6 Å². The highest BCUT2D eigenvalue weighted by molar-refractivity contribution is 6.32. The first-order chi connectivity index (χ1) is 14.7. The summed E-state index contributed by atoms with van der Waals surface area (Å²) in [5.74, 6) is 0.104. The van der Waals surface area contributed by atoms with Crippen LogP contribution in [0.2, 0.25) is 5.02 Å². The van der Waals surface area contributed by atoms with Gasteiger partial charge in [-0.05, 0) is 42.3 Å². The smallest absolute Gasteiger partial charge is 0.288 e. The number of benzene rings is 2. The van der Waals surface area contributed by atoms with Gasteiger partial charge >= 0.3 is 0 Å². The molecule has 2 aromatic rings. The van der Waals surface area contributed by atoms with E-state index in [0.717, 1.165) is 24.8 Å². The molecular weight excluding hydrogens is 420 g/mol. The van der Waals surface area contributed by atoms with Crippen LogP contribution >= 0.6 is 11.6 Å². The second-order valence-electron chi connectivity index (χ2n) is 7.89. The average molecular weight is 445 g/mol. The minimum atomic E-state index is -0.621. The highest BCUT2D eigenvalue weighted by Gasteiger charge is 2.22. The fourth-order valence-electron chi connectivity index (χ4n) is 3.45. The highest BCUT2D eigenvalue weighted by atomic mass is 35.5. The standard InChI is InChI=1S/C22H25ClN4O4/c1-15(2)13-21(28)26-11-9-25(10-12-26)18-6-4-17(5-7-18)24-22(29)16-3-8-19(23)20(14-16)27(30)31/h3-8,14-15H,9-13H2,1-2H3,(H,24,29). The van der Waals surface area contributed by atoms with E-state index in [1.807, 2.05) is 30.9 Å². The van der Waals surface area contributed by atoms with Gasteiger partial charge in [0.15, 0.2) is 0 Å². The van der Waals surface area contributed by atoms with E-state index in [4.69, 9.17) is 11.6 Å². The van der Waals surface area contributed by atoms with E-state index in [0.29, 0.717) is 31.1 Å². The topological polar surface area (TPSA) is 95.8 Å². The molecule has 1 aliphatic heterocycles. The van der Waals surface area contributed by atoms with Crippen molar-refractivity contribution in [1.82, 2.24) is 4.90 Å². The van der Waals surface area contributed by atoms with Crippen molar-refractivity contribution in [3.63, 3.8) is 0 Å². The second-order valence-corrected chi connectivity index (χ2v) is 8.30. The number of amides is 2. The lowest BCUT2D eigenvalue weighted by molar-refractivity contribution is -0.384. The second kappa shape index (κ2) is 9.78. The summed E-state index contributed by atoms with van der Waals surface area (Å²) in [6, 6.07) is 11.3. The predicted molar refractivity (Wildman–Crippen MR) is 121 cm³/mol. The van der Waals surface area contributed by atoms with Crippen molar-refractivity contribution < 1.29 is 14.5 Å². The zero-order valence-electron chi connectivity index (χ0n) is 17.5. The van der Waals surface area contributed by atoms with Gasteiger partial charge < -0.3 is 15.1 Å². The van der Waals surface area contributed by atoms with E-state index >= 15 is 0 Å². The molecule has 0 radical (unpaired) electrons. The number of anilines is 2. The Balaban J connectivity index is 1.59. The monoisotopic (exact) mass is 444 g/mol. The van der Waals surface area contributed by atoms with Crippen LogP contribution in [-0.4, -0.2) is 47.8 Å². The van der Waals surface area contributed by atoms with Gasteiger partial charge in [-0.25, -0.2) is 0 Å². The van der Waals surface area contributed by atoms with Gasteiger partial charge in [0.1, 0.15) is 5.02 Å². The molecular formula is C22H25ClN4O4. The predicted octanol–water partition coefficient (Wildman–Crippen LogP) is 4.20. The highest BCUT2D eigenvalue weighted by Crippen LogP contribution is 2.26. The average Bonchev–Trinajstić information content (AvgIpc) is 2.74. The molecule has 2 amide bonds. The maximum absolute atomic E-state index is 12.4. The molecule has 1 aliphatic rings. The summed E-state index contributed by atoms with van der Waals surface area (Å²) in [7, 11) is 0. The Morgan fingerprint density at radius 2 is 1.74 bits per heavy atom. The fourth-order valence-corrected chi connectivity index (χ4v) is 3.63. The molecule has 31 heavy (non-hydrogen) atoms. The third-order valence-corrected chi connectivity index (χ3v) is 5.43. The van der Waals surface area contributed by atoms with Crippen LogP contribution in [0.15, 0.2) is 42.5 Å². The quantitative estimate of drug-likeness (QED) is 0.532. The molecule has 164 valence electrons. The van der Waals surface area contributed by atoms with E-state index in [1.165, 1.54) is 12.1 Å². The Hall–Kier alpha value is -3.13. The van der Waals surface area contributed by atoms with E-state index in [9.17, 15) is 19.7 Å². The Kier molecular flexibility index (Phi) is 7.12. The molecule has 0 bridgehead atoms. The molecule has 0 aliphatic carbocycles. The summed E-state index contributed by atoms with van der Waals surface area (Å²) in [5.41, 5.74) is 1.44. The van der Waals surface area contributed by atoms with Gasteiger partial charge in [-0.2, -0.15) is 0 Å². The zero-order valence-corrected chi connectivity index (χ0v) is 18.3. The molecule has 0 aromatic heterocycles. The number of hydrogen-bond donors (Lipinski definition) is 1. The normalized spacial score (nSPS) is 13.9. The van der Waals surface area contributed by atoms with E-state index in [1.54, 1.807) is 12.1 Å². The molecule has 3 rings (SSSR count). The van der Waals surface area contributed by atoms with E-state index in [-0.39, 0.29) is 22.2 Å². The minimum absolute atomic E-state index is 0.0168. The van der Waals surface area contributed by atoms with E-state index in [2.05, 4.69) is 10.2 Å². The molecule has 0 saturated carbocycles. The maximum Gasteiger partial charge on any atom is 0.288 e. The van der Waals surface area contributed by atoms with Gasteiger partial charge in [-0.3, -0.25) is 19.7 Å². The summed E-state index contributed by atoms with van der Waals surface area (Å²) >= 11 is 5.80. The van der Waals surface area contributed by atoms with Gasteiger partial charge in [0.05, 0.1) is 4.92 Å². The first-order valence-electron chi connectivity index (χ1n) is 10.1. The lowest BCUT2D eigenvalue weighted by Crippen LogP contribution is -2.49. The first-order valence-corrected chi connectivity index (χ1v) is 10.5. The van der Waals surface area contributed by atoms with Crippen LogP contribution in [0, 0.1) is 16.0 Å². The number of nitro benzene ring substituents is 1. The zero-order chi connectivity index (χ0) is 22.5. The van der Waals surface area contributed by atoms with Crippen molar-refractivity contribution in [2.45, 2.75) is 20.3 Å². The molecule has 0 unspecified atom stereocenters.